The fourth-order valence-corrected chi connectivity index (χ4v) is 6.10. The Morgan fingerprint density at radius 1 is 0.676 bits per heavy atom. The van der Waals surface area contributed by atoms with Gasteiger partial charge in [0.15, 0.2) is 23.1 Å². The van der Waals surface area contributed by atoms with Gasteiger partial charge in [-0.25, -0.2) is 8.78 Å². The summed E-state index contributed by atoms with van der Waals surface area (Å²) in [5, 5.41) is 0. The molecule has 0 heterocycles. The fourth-order valence-electron chi connectivity index (χ4n) is 6.10. The highest BCUT2D eigenvalue weighted by atomic mass is 19.2. The van der Waals surface area contributed by atoms with Gasteiger partial charge in [-0.1, -0.05) is 51.9 Å². The average Bonchev–Trinajstić information content (AvgIpc) is 2.85. The number of benzene rings is 2. The van der Waals surface area contributed by atoms with Gasteiger partial charge in [0, 0.05) is 11.1 Å². The van der Waals surface area contributed by atoms with E-state index in [9.17, 15) is 8.78 Å². The summed E-state index contributed by atoms with van der Waals surface area (Å²) < 4.78 is 56.6. The molecule has 2 aromatic rings. The van der Waals surface area contributed by atoms with Gasteiger partial charge < -0.3 is 9.47 Å². The van der Waals surface area contributed by atoms with Crippen molar-refractivity contribution in [1.82, 2.24) is 0 Å². The number of ether oxygens (including phenoxy) is 2. The van der Waals surface area contributed by atoms with Crippen molar-refractivity contribution in [1.29, 1.82) is 0 Å². The van der Waals surface area contributed by atoms with E-state index in [0.717, 1.165) is 44.4 Å². The minimum absolute atomic E-state index is 0.000500. The van der Waals surface area contributed by atoms with Gasteiger partial charge in [-0.2, -0.15) is 4.39 Å². The summed E-state index contributed by atoms with van der Waals surface area (Å²) in [5.74, 6) is -1.01. The largest absolute Gasteiger partial charge is 0.490 e. The quantitative estimate of drug-likeness (QED) is 0.326. The second-order valence-corrected chi connectivity index (χ2v) is 10.5. The molecule has 0 aliphatic heterocycles. The number of hydrogen-bond donors (Lipinski definition) is 0. The molecule has 2 fully saturated rings. The standard InChI is InChI=1S/C29H35F3O2/c1-2-6-18-9-11-20(12-10-18)17-33-23-14-13-21-22-15-24(34-16-19-7-4-3-5-8-19)28(31)29(32)26(22)25(21)27(23)30/h13-15,18-20H,2-12,16-17H2,1H3. The summed E-state index contributed by atoms with van der Waals surface area (Å²) in [4.78, 5) is 0. The Hall–Kier alpha value is -2.17. The van der Waals surface area contributed by atoms with E-state index in [0.29, 0.717) is 36.2 Å². The molecule has 0 amide bonds. The van der Waals surface area contributed by atoms with E-state index in [-0.39, 0.29) is 22.6 Å². The first-order chi connectivity index (χ1) is 16.6. The third-order valence-electron chi connectivity index (χ3n) is 8.16. The van der Waals surface area contributed by atoms with Crippen LogP contribution in [0.1, 0.15) is 77.6 Å². The van der Waals surface area contributed by atoms with Crippen LogP contribution in [0.5, 0.6) is 11.5 Å². The third-order valence-corrected chi connectivity index (χ3v) is 8.16. The SMILES string of the molecule is CCCC1CCC(COc2ccc3c(c2F)-c2c-3cc(OCC3CCCCC3)c(F)c2F)CC1. The summed E-state index contributed by atoms with van der Waals surface area (Å²) in [7, 11) is 0. The number of fused-ring (bicyclic) bond motifs is 4. The maximum atomic E-state index is 15.3. The molecule has 0 radical (unpaired) electrons. The van der Waals surface area contributed by atoms with Gasteiger partial charge in [0.25, 0.3) is 0 Å². The van der Waals surface area contributed by atoms with E-state index >= 15 is 4.39 Å². The molecule has 0 aromatic heterocycles. The van der Waals surface area contributed by atoms with Crippen molar-refractivity contribution in [3.05, 3.63) is 35.7 Å². The van der Waals surface area contributed by atoms with Crippen molar-refractivity contribution in [2.45, 2.75) is 77.6 Å². The Balaban J connectivity index is 1.26. The highest BCUT2D eigenvalue weighted by Gasteiger charge is 2.35. The van der Waals surface area contributed by atoms with Gasteiger partial charge >= 0.3 is 0 Å². The normalized spacial score (nSPS) is 22.0. The summed E-state index contributed by atoms with van der Waals surface area (Å²) in [5.41, 5.74) is 1.21. The molecule has 0 spiro atoms. The maximum Gasteiger partial charge on any atom is 0.201 e. The van der Waals surface area contributed by atoms with Crippen LogP contribution in [-0.2, 0) is 0 Å². The lowest BCUT2D eigenvalue weighted by Crippen LogP contribution is -2.20. The number of rotatable bonds is 8. The first kappa shape index (κ1) is 23.6. The molecule has 5 heteroatoms. The Bertz CT molecular complexity index is 1020. The van der Waals surface area contributed by atoms with E-state index in [2.05, 4.69) is 6.92 Å². The first-order valence-electron chi connectivity index (χ1n) is 13.2. The van der Waals surface area contributed by atoms with E-state index in [1.54, 1.807) is 12.1 Å². The molecule has 2 aromatic carbocycles. The highest BCUT2D eigenvalue weighted by molar-refractivity contribution is 6.04. The average molecular weight is 473 g/mol. The monoisotopic (exact) mass is 472 g/mol. The molecule has 0 saturated heterocycles. The summed E-state index contributed by atoms with van der Waals surface area (Å²) in [6.45, 7) is 3.08. The van der Waals surface area contributed by atoms with Gasteiger partial charge in [0.2, 0.25) is 5.82 Å². The van der Waals surface area contributed by atoms with Gasteiger partial charge in [0.05, 0.1) is 13.2 Å². The van der Waals surface area contributed by atoms with E-state index in [4.69, 9.17) is 9.47 Å². The van der Waals surface area contributed by atoms with Crippen molar-refractivity contribution >= 4 is 0 Å². The van der Waals surface area contributed by atoms with Crippen LogP contribution < -0.4 is 9.47 Å². The van der Waals surface area contributed by atoms with Crippen LogP contribution in [0.4, 0.5) is 13.2 Å². The second kappa shape index (κ2) is 10.2. The van der Waals surface area contributed by atoms with Crippen LogP contribution in [0.3, 0.4) is 0 Å². The molecule has 2 nitrogen and oxygen atoms in total. The van der Waals surface area contributed by atoms with Crippen molar-refractivity contribution in [2.24, 2.45) is 17.8 Å². The third kappa shape index (κ3) is 4.55. The smallest absolute Gasteiger partial charge is 0.201 e. The summed E-state index contributed by atoms with van der Waals surface area (Å²) in [6, 6.07) is 4.88. The summed E-state index contributed by atoms with van der Waals surface area (Å²) >= 11 is 0. The number of hydrogen-bond acceptors (Lipinski definition) is 2. The molecular formula is C29H35F3O2. The summed E-state index contributed by atoms with van der Waals surface area (Å²) in [6.07, 6.45) is 12.8. The van der Waals surface area contributed by atoms with Gasteiger partial charge in [-0.15, -0.1) is 0 Å². The van der Waals surface area contributed by atoms with Crippen LogP contribution in [-0.4, -0.2) is 13.2 Å². The van der Waals surface area contributed by atoms with Gasteiger partial charge in [0.1, 0.15) is 0 Å². The molecular weight excluding hydrogens is 437 g/mol. The van der Waals surface area contributed by atoms with Crippen molar-refractivity contribution in [3.63, 3.8) is 0 Å². The minimum atomic E-state index is -1.03. The zero-order chi connectivity index (χ0) is 23.7. The second-order valence-electron chi connectivity index (χ2n) is 10.5. The van der Waals surface area contributed by atoms with E-state index < -0.39 is 17.5 Å². The maximum absolute atomic E-state index is 15.3. The zero-order valence-corrected chi connectivity index (χ0v) is 20.1. The lowest BCUT2D eigenvalue weighted by atomic mass is 9.79. The molecule has 0 unspecified atom stereocenters. The van der Waals surface area contributed by atoms with Crippen molar-refractivity contribution in [3.8, 4) is 33.8 Å². The lowest BCUT2D eigenvalue weighted by Gasteiger charge is -2.29. The fraction of sp³-hybridized carbons (Fsp3) is 0.586. The predicted octanol–water partition coefficient (Wildman–Crippen LogP) is 8.70. The Kier molecular flexibility index (Phi) is 7.08. The predicted molar refractivity (Wildman–Crippen MR) is 129 cm³/mol. The molecule has 3 aliphatic carbocycles. The Labute approximate surface area is 200 Å². The van der Waals surface area contributed by atoms with E-state index in [1.807, 2.05) is 0 Å². The van der Waals surface area contributed by atoms with Crippen LogP contribution in [0.15, 0.2) is 18.2 Å². The van der Waals surface area contributed by atoms with Crippen LogP contribution in [0.2, 0.25) is 0 Å². The molecule has 5 rings (SSSR count). The van der Waals surface area contributed by atoms with Crippen LogP contribution >= 0.6 is 0 Å². The van der Waals surface area contributed by atoms with E-state index in [1.165, 1.54) is 38.2 Å². The Morgan fingerprint density at radius 3 is 2.00 bits per heavy atom. The molecule has 184 valence electrons. The number of halogens is 3. The van der Waals surface area contributed by atoms with Crippen molar-refractivity contribution in [2.75, 3.05) is 13.2 Å². The van der Waals surface area contributed by atoms with Gasteiger partial charge in [-0.3, -0.25) is 0 Å². The molecule has 3 aliphatic rings. The minimum Gasteiger partial charge on any atom is -0.490 e. The van der Waals surface area contributed by atoms with Gasteiger partial charge in [-0.05, 0) is 72.8 Å². The molecule has 2 saturated carbocycles. The van der Waals surface area contributed by atoms with Crippen LogP contribution in [0, 0.1) is 35.2 Å². The topological polar surface area (TPSA) is 18.5 Å². The Morgan fingerprint density at radius 2 is 1.29 bits per heavy atom. The van der Waals surface area contributed by atoms with Crippen LogP contribution in [0.25, 0.3) is 22.3 Å². The lowest BCUT2D eigenvalue weighted by molar-refractivity contribution is 0.174. The zero-order valence-electron chi connectivity index (χ0n) is 20.1. The highest BCUT2D eigenvalue weighted by Crippen LogP contribution is 2.53. The molecule has 0 atom stereocenters. The van der Waals surface area contributed by atoms with Crippen molar-refractivity contribution < 1.29 is 22.6 Å². The molecule has 0 bridgehead atoms. The first-order valence-corrected chi connectivity index (χ1v) is 13.2. The molecule has 0 N–H and O–H groups in total. The molecule has 34 heavy (non-hydrogen) atoms.